The number of nitrogens with zero attached hydrogens (tertiary/aromatic N) is 2. The van der Waals surface area contributed by atoms with Gasteiger partial charge >= 0.3 is 0 Å². The molecule has 0 aliphatic carbocycles. The molecule has 120 valence electrons. The first-order valence-electron chi connectivity index (χ1n) is 7.46. The van der Waals surface area contributed by atoms with Crippen molar-refractivity contribution in [1.82, 2.24) is 9.88 Å². The molecule has 0 aromatic carbocycles. The average Bonchev–Trinajstić information content (AvgIpc) is 2.38. The van der Waals surface area contributed by atoms with E-state index in [0.29, 0.717) is 25.2 Å². The van der Waals surface area contributed by atoms with Gasteiger partial charge in [-0.1, -0.05) is 0 Å². The molecule has 0 atom stereocenters. The van der Waals surface area contributed by atoms with Crippen LogP contribution in [0.1, 0.15) is 34.6 Å². The van der Waals surface area contributed by atoms with E-state index in [1.165, 1.54) is 0 Å². The van der Waals surface area contributed by atoms with Crippen LogP contribution in [-0.4, -0.2) is 41.6 Å². The molecule has 0 unspecified atom stereocenters. The van der Waals surface area contributed by atoms with Gasteiger partial charge in [0.15, 0.2) is 23.3 Å². The van der Waals surface area contributed by atoms with Crippen molar-refractivity contribution in [3.05, 3.63) is 17.7 Å². The van der Waals surface area contributed by atoms with E-state index < -0.39 is 11.6 Å². The predicted octanol–water partition coefficient (Wildman–Crippen LogP) is 3.32. The summed E-state index contributed by atoms with van der Waals surface area (Å²) in [5.41, 5.74) is 0. The quantitative estimate of drug-likeness (QED) is 0.772. The van der Waals surface area contributed by atoms with E-state index in [9.17, 15) is 8.78 Å². The molecule has 0 aliphatic heterocycles. The molecule has 0 amide bonds. The second-order valence-corrected chi connectivity index (χ2v) is 5.53. The number of aromatic nitrogens is 1. The van der Waals surface area contributed by atoms with Gasteiger partial charge in [-0.15, -0.1) is 0 Å². The zero-order valence-corrected chi connectivity index (χ0v) is 13.5. The normalized spacial score (nSPS) is 11.5. The highest BCUT2D eigenvalue weighted by molar-refractivity contribution is 5.47. The van der Waals surface area contributed by atoms with Gasteiger partial charge in [0.2, 0.25) is 0 Å². The lowest BCUT2D eigenvalue weighted by Gasteiger charge is -2.30. The minimum atomic E-state index is -0.675. The molecule has 1 rings (SSSR count). The highest BCUT2D eigenvalue weighted by Gasteiger charge is 2.14. The third-order valence-electron chi connectivity index (χ3n) is 3.26. The van der Waals surface area contributed by atoms with E-state index >= 15 is 0 Å². The lowest BCUT2D eigenvalue weighted by Crippen LogP contribution is -2.40. The summed E-state index contributed by atoms with van der Waals surface area (Å²) in [5.74, 6) is -1.19. The summed E-state index contributed by atoms with van der Waals surface area (Å²) >= 11 is 0. The van der Waals surface area contributed by atoms with Crippen molar-refractivity contribution in [2.75, 3.05) is 30.3 Å². The van der Waals surface area contributed by atoms with Crippen LogP contribution in [0.4, 0.5) is 20.4 Å². The number of nitrogens with one attached hydrogen (secondary N) is 2. The number of hydrogen-bond acceptors (Lipinski definition) is 4. The van der Waals surface area contributed by atoms with Gasteiger partial charge in [0, 0.05) is 37.8 Å². The maximum atomic E-state index is 13.7. The van der Waals surface area contributed by atoms with Gasteiger partial charge in [-0.25, -0.2) is 13.8 Å². The molecule has 0 aliphatic rings. The minimum Gasteiger partial charge on any atom is -0.368 e. The van der Waals surface area contributed by atoms with Crippen LogP contribution in [-0.2, 0) is 0 Å². The zero-order chi connectivity index (χ0) is 16.0. The van der Waals surface area contributed by atoms with Gasteiger partial charge < -0.3 is 10.6 Å². The largest absolute Gasteiger partial charge is 0.368 e. The summed E-state index contributed by atoms with van der Waals surface area (Å²) < 4.78 is 27.2. The van der Waals surface area contributed by atoms with Crippen LogP contribution in [0.3, 0.4) is 0 Å². The molecular weight excluding hydrogens is 274 g/mol. The van der Waals surface area contributed by atoms with Crippen molar-refractivity contribution in [2.24, 2.45) is 0 Å². The summed E-state index contributed by atoms with van der Waals surface area (Å²) in [6.07, 6.45) is 0. The Kier molecular flexibility index (Phi) is 6.81. The van der Waals surface area contributed by atoms with Crippen LogP contribution >= 0.6 is 0 Å². The molecule has 0 saturated carbocycles. The highest BCUT2D eigenvalue weighted by Crippen LogP contribution is 2.18. The predicted molar refractivity (Wildman–Crippen MR) is 83.8 cm³/mol. The van der Waals surface area contributed by atoms with Crippen molar-refractivity contribution >= 4 is 11.6 Å². The first kappa shape index (κ1) is 17.6. The molecule has 0 saturated heterocycles. The number of anilines is 2. The fourth-order valence-corrected chi connectivity index (χ4v) is 2.30. The Morgan fingerprint density at radius 3 is 2.05 bits per heavy atom. The van der Waals surface area contributed by atoms with Gasteiger partial charge in [0.25, 0.3) is 0 Å². The molecule has 1 aromatic heterocycles. The smallest absolute Gasteiger partial charge is 0.168 e. The lowest BCUT2D eigenvalue weighted by molar-refractivity contribution is 0.182. The lowest BCUT2D eigenvalue weighted by atomic mass is 10.2. The topological polar surface area (TPSA) is 40.2 Å². The van der Waals surface area contributed by atoms with Crippen molar-refractivity contribution < 1.29 is 8.78 Å². The summed E-state index contributed by atoms with van der Waals surface area (Å²) in [6, 6.07) is 1.68. The number of rotatable bonds is 8. The van der Waals surface area contributed by atoms with Gasteiger partial charge in [0.1, 0.15) is 0 Å². The van der Waals surface area contributed by atoms with Gasteiger partial charge in [-0.2, -0.15) is 0 Å². The van der Waals surface area contributed by atoms with E-state index in [-0.39, 0.29) is 11.6 Å². The number of halogens is 2. The van der Waals surface area contributed by atoms with E-state index in [4.69, 9.17) is 0 Å². The third-order valence-corrected chi connectivity index (χ3v) is 3.26. The second-order valence-electron chi connectivity index (χ2n) is 5.53. The molecule has 21 heavy (non-hydrogen) atoms. The molecule has 0 radical (unpaired) electrons. The molecule has 6 heteroatoms. The zero-order valence-electron chi connectivity index (χ0n) is 13.5. The van der Waals surface area contributed by atoms with Gasteiger partial charge in [-0.05, 0) is 34.6 Å². The molecular formula is C15H26F2N4. The Morgan fingerprint density at radius 1 is 1.05 bits per heavy atom. The Labute approximate surface area is 125 Å². The Bertz CT molecular complexity index is 442. The van der Waals surface area contributed by atoms with Crippen LogP contribution < -0.4 is 10.6 Å². The maximum Gasteiger partial charge on any atom is 0.168 e. The van der Waals surface area contributed by atoms with Crippen LogP contribution in [0.15, 0.2) is 6.07 Å². The Morgan fingerprint density at radius 2 is 1.57 bits per heavy atom. The standard InChI is InChI=1S/C15H26F2N4/c1-6-18-14-12(16)9-13(17)15(20-14)19-7-8-21(10(2)3)11(4)5/h9-11H,6-8H2,1-5H3,(H2,18,19,20). The number of pyridine rings is 1. The first-order chi connectivity index (χ1) is 9.86. The van der Waals surface area contributed by atoms with Crippen molar-refractivity contribution in [3.8, 4) is 0 Å². The molecule has 4 nitrogen and oxygen atoms in total. The molecule has 2 N–H and O–H groups in total. The fourth-order valence-electron chi connectivity index (χ4n) is 2.30. The van der Waals surface area contributed by atoms with Crippen molar-refractivity contribution in [2.45, 2.75) is 46.7 Å². The third kappa shape index (κ3) is 5.12. The SMILES string of the molecule is CCNc1nc(NCCN(C(C)C)C(C)C)c(F)cc1F. The van der Waals surface area contributed by atoms with E-state index in [0.717, 1.165) is 12.6 Å². The maximum absolute atomic E-state index is 13.7. The molecule has 1 heterocycles. The summed E-state index contributed by atoms with van der Waals surface area (Å²) in [7, 11) is 0. The van der Waals surface area contributed by atoms with Crippen molar-refractivity contribution in [3.63, 3.8) is 0 Å². The molecule has 0 fully saturated rings. The second kappa shape index (κ2) is 8.12. The minimum absolute atomic E-state index is 0.0750. The molecule has 1 aromatic rings. The molecule has 0 bridgehead atoms. The monoisotopic (exact) mass is 300 g/mol. The van der Waals surface area contributed by atoms with E-state index in [1.807, 2.05) is 6.92 Å². The van der Waals surface area contributed by atoms with Crippen LogP contribution in [0.2, 0.25) is 0 Å². The molecule has 0 spiro atoms. The fraction of sp³-hybridized carbons (Fsp3) is 0.667. The summed E-state index contributed by atoms with van der Waals surface area (Å²) in [5, 5.41) is 5.72. The first-order valence-corrected chi connectivity index (χ1v) is 7.46. The summed E-state index contributed by atoms with van der Waals surface area (Å²) in [6.45, 7) is 12.2. The Balaban J connectivity index is 2.68. The van der Waals surface area contributed by atoms with Crippen LogP contribution in [0, 0.1) is 11.6 Å². The highest BCUT2D eigenvalue weighted by atomic mass is 19.1. The van der Waals surface area contributed by atoms with Gasteiger partial charge in [0.05, 0.1) is 0 Å². The average molecular weight is 300 g/mol. The summed E-state index contributed by atoms with van der Waals surface area (Å²) in [4.78, 5) is 6.25. The van der Waals surface area contributed by atoms with Crippen molar-refractivity contribution in [1.29, 1.82) is 0 Å². The number of hydrogen-bond donors (Lipinski definition) is 2. The van der Waals surface area contributed by atoms with Gasteiger partial charge in [-0.3, -0.25) is 4.90 Å². The van der Waals surface area contributed by atoms with E-state index in [2.05, 4.69) is 48.2 Å². The Hall–Kier alpha value is -1.43. The van der Waals surface area contributed by atoms with E-state index in [1.54, 1.807) is 0 Å². The van der Waals surface area contributed by atoms with Crippen LogP contribution in [0.5, 0.6) is 0 Å². The van der Waals surface area contributed by atoms with Crippen LogP contribution in [0.25, 0.3) is 0 Å².